The van der Waals surface area contributed by atoms with Crippen molar-refractivity contribution in [3.63, 3.8) is 0 Å². The molecule has 0 saturated heterocycles. The number of nitrogens with one attached hydrogen (secondary N) is 1. The lowest BCUT2D eigenvalue weighted by Crippen LogP contribution is -2.41. The number of benzene rings is 2. The molecule has 1 heterocycles. The smallest absolute Gasteiger partial charge is 0.241 e. The zero-order valence-electron chi connectivity index (χ0n) is 17.7. The van der Waals surface area contributed by atoms with E-state index in [2.05, 4.69) is 5.32 Å². The Balaban J connectivity index is 1.77. The third-order valence-electron chi connectivity index (χ3n) is 4.96. The molecule has 1 N–H and O–H groups in total. The van der Waals surface area contributed by atoms with Crippen LogP contribution in [0.1, 0.15) is 43.9 Å². The van der Waals surface area contributed by atoms with Gasteiger partial charge in [0.2, 0.25) is 15.9 Å². The number of sulfonamides is 1. The van der Waals surface area contributed by atoms with Crippen molar-refractivity contribution in [2.75, 3.05) is 30.3 Å². The number of rotatable bonds is 7. The molecule has 162 valence electrons. The Morgan fingerprint density at radius 2 is 1.73 bits per heavy atom. The molecule has 0 fully saturated rings. The minimum Gasteiger partial charge on any atom is -0.486 e. The number of hydrogen-bond acceptors (Lipinski definition) is 5. The summed E-state index contributed by atoms with van der Waals surface area (Å²) in [6.45, 7) is 6.52. The highest BCUT2D eigenvalue weighted by atomic mass is 32.2. The first kappa shape index (κ1) is 22.0. The monoisotopic (exact) mass is 432 g/mol. The fourth-order valence-electron chi connectivity index (χ4n) is 3.41. The molecule has 1 amide bonds. The summed E-state index contributed by atoms with van der Waals surface area (Å²) in [5.41, 5.74) is 2.24. The fourth-order valence-corrected chi connectivity index (χ4v) is 4.29. The van der Waals surface area contributed by atoms with Gasteiger partial charge in [0.05, 0.1) is 18.0 Å². The van der Waals surface area contributed by atoms with Crippen molar-refractivity contribution in [2.24, 2.45) is 0 Å². The van der Waals surface area contributed by atoms with E-state index in [4.69, 9.17) is 9.47 Å². The molecule has 0 unspecified atom stereocenters. The van der Waals surface area contributed by atoms with Crippen LogP contribution in [0.2, 0.25) is 0 Å². The Morgan fingerprint density at radius 1 is 1.07 bits per heavy atom. The van der Waals surface area contributed by atoms with Crippen molar-refractivity contribution < 1.29 is 22.7 Å². The first-order chi connectivity index (χ1) is 14.2. The van der Waals surface area contributed by atoms with Gasteiger partial charge in [-0.1, -0.05) is 38.1 Å². The standard InChI is InChI=1S/C22H28N2O5S/c1-15(2)18-7-5-6-8-19(18)24(30(4,26)27)14-22(25)23-16(3)17-9-10-20-21(13-17)29-12-11-28-20/h5-10,13,15-16H,11-12,14H2,1-4H3,(H,23,25)/t16-/m0/s1. The van der Waals surface area contributed by atoms with E-state index >= 15 is 0 Å². The molecule has 30 heavy (non-hydrogen) atoms. The van der Waals surface area contributed by atoms with Crippen molar-refractivity contribution in [3.8, 4) is 11.5 Å². The summed E-state index contributed by atoms with van der Waals surface area (Å²) < 4.78 is 37.2. The SMILES string of the molecule is CC(C)c1ccccc1N(CC(=O)N[C@@H](C)c1ccc2c(c1)OCCO2)S(C)(=O)=O. The topological polar surface area (TPSA) is 84.9 Å². The van der Waals surface area contributed by atoms with Gasteiger partial charge in [-0.25, -0.2) is 8.42 Å². The predicted molar refractivity (Wildman–Crippen MR) is 117 cm³/mol. The summed E-state index contributed by atoms with van der Waals surface area (Å²) in [6, 6.07) is 12.4. The molecule has 0 bridgehead atoms. The van der Waals surface area contributed by atoms with Crippen molar-refractivity contribution in [3.05, 3.63) is 53.6 Å². The number of amides is 1. The van der Waals surface area contributed by atoms with E-state index in [1.165, 1.54) is 0 Å². The maximum Gasteiger partial charge on any atom is 0.241 e. The molecule has 1 aliphatic heterocycles. The first-order valence-electron chi connectivity index (χ1n) is 9.92. The number of fused-ring (bicyclic) bond motifs is 1. The third-order valence-corrected chi connectivity index (χ3v) is 6.09. The van der Waals surface area contributed by atoms with Crippen LogP contribution in [-0.2, 0) is 14.8 Å². The Hall–Kier alpha value is -2.74. The Kier molecular flexibility index (Phi) is 6.55. The molecule has 0 saturated carbocycles. The summed E-state index contributed by atoms with van der Waals surface area (Å²) in [5.74, 6) is 1.05. The van der Waals surface area contributed by atoms with Crippen LogP contribution >= 0.6 is 0 Å². The quantitative estimate of drug-likeness (QED) is 0.726. The van der Waals surface area contributed by atoms with E-state index in [0.717, 1.165) is 21.7 Å². The molecular weight excluding hydrogens is 404 g/mol. The Morgan fingerprint density at radius 3 is 2.40 bits per heavy atom. The fraction of sp³-hybridized carbons (Fsp3) is 0.409. The van der Waals surface area contributed by atoms with Crippen molar-refractivity contribution in [2.45, 2.75) is 32.7 Å². The van der Waals surface area contributed by atoms with Crippen LogP contribution in [0.3, 0.4) is 0 Å². The highest BCUT2D eigenvalue weighted by Gasteiger charge is 2.25. The second-order valence-electron chi connectivity index (χ2n) is 7.68. The van der Waals surface area contributed by atoms with Gasteiger partial charge in [0.25, 0.3) is 0 Å². The lowest BCUT2D eigenvalue weighted by molar-refractivity contribution is -0.120. The summed E-state index contributed by atoms with van der Waals surface area (Å²) in [5, 5.41) is 2.88. The zero-order chi connectivity index (χ0) is 21.9. The van der Waals surface area contributed by atoms with Gasteiger partial charge in [-0.2, -0.15) is 0 Å². The maximum absolute atomic E-state index is 12.8. The summed E-state index contributed by atoms with van der Waals surface area (Å²) in [7, 11) is -3.65. The molecule has 3 rings (SSSR count). The molecule has 0 radical (unpaired) electrons. The molecule has 1 aliphatic rings. The van der Waals surface area contributed by atoms with Crippen LogP contribution in [-0.4, -0.2) is 40.3 Å². The van der Waals surface area contributed by atoms with Crippen LogP contribution in [0.4, 0.5) is 5.69 Å². The van der Waals surface area contributed by atoms with Crippen molar-refractivity contribution >= 4 is 21.6 Å². The zero-order valence-corrected chi connectivity index (χ0v) is 18.5. The second kappa shape index (κ2) is 8.95. The van der Waals surface area contributed by atoms with Gasteiger partial charge in [0.1, 0.15) is 19.8 Å². The summed E-state index contributed by atoms with van der Waals surface area (Å²) in [4.78, 5) is 12.8. The lowest BCUT2D eigenvalue weighted by atomic mass is 10.0. The molecule has 0 aromatic heterocycles. The van der Waals surface area contributed by atoms with Gasteiger partial charge >= 0.3 is 0 Å². The van der Waals surface area contributed by atoms with Crippen LogP contribution in [0.15, 0.2) is 42.5 Å². The van der Waals surface area contributed by atoms with Crippen LogP contribution in [0, 0.1) is 0 Å². The molecule has 1 atom stereocenters. The molecule has 2 aromatic carbocycles. The number of anilines is 1. The largest absolute Gasteiger partial charge is 0.486 e. The minimum absolute atomic E-state index is 0.116. The number of nitrogens with zero attached hydrogens (tertiary/aromatic N) is 1. The predicted octanol–water partition coefficient (Wildman–Crippen LogP) is 3.22. The van der Waals surface area contributed by atoms with E-state index in [9.17, 15) is 13.2 Å². The Labute approximate surface area is 178 Å². The third kappa shape index (κ3) is 5.05. The molecule has 7 nitrogen and oxygen atoms in total. The van der Waals surface area contributed by atoms with E-state index in [1.54, 1.807) is 12.1 Å². The number of ether oxygens (including phenoxy) is 2. The highest BCUT2D eigenvalue weighted by molar-refractivity contribution is 7.92. The maximum atomic E-state index is 12.8. The summed E-state index contributed by atoms with van der Waals surface area (Å²) in [6.07, 6.45) is 1.11. The van der Waals surface area contributed by atoms with E-state index in [0.29, 0.717) is 30.4 Å². The molecule has 2 aromatic rings. The highest BCUT2D eigenvalue weighted by Crippen LogP contribution is 2.33. The van der Waals surface area contributed by atoms with E-state index in [1.807, 2.05) is 51.1 Å². The summed E-state index contributed by atoms with van der Waals surface area (Å²) >= 11 is 0. The number of carbonyl (C=O) groups is 1. The van der Waals surface area contributed by atoms with E-state index in [-0.39, 0.29) is 24.4 Å². The Bertz CT molecular complexity index is 1020. The van der Waals surface area contributed by atoms with Gasteiger partial charge in [0.15, 0.2) is 11.5 Å². The van der Waals surface area contributed by atoms with E-state index < -0.39 is 10.0 Å². The molecule has 8 heteroatoms. The molecule has 0 aliphatic carbocycles. The molecular formula is C22H28N2O5S. The van der Waals surface area contributed by atoms with Crippen molar-refractivity contribution in [1.29, 1.82) is 0 Å². The average Bonchev–Trinajstić information content (AvgIpc) is 2.70. The number of para-hydroxylation sites is 1. The van der Waals surface area contributed by atoms with Crippen molar-refractivity contribution in [1.82, 2.24) is 5.32 Å². The minimum atomic E-state index is -3.65. The van der Waals surface area contributed by atoms with Gasteiger partial charge in [-0.05, 0) is 42.2 Å². The second-order valence-corrected chi connectivity index (χ2v) is 9.58. The van der Waals surface area contributed by atoms with Gasteiger partial charge in [-0.15, -0.1) is 0 Å². The average molecular weight is 433 g/mol. The van der Waals surface area contributed by atoms with Gasteiger partial charge in [0, 0.05) is 0 Å². The van der Waals surface area contributed by atoms with Crippen LogP contribution in [0.25, 0.3) is 0 Å². The van der Waals surface area contributed by atoms with Crippen LogP contribution < -0.4 is 19.1 Å². The number of carbonyl (C=O) groups excluding carboxylic acids is 1. The lowest BCUT2D eigenvalue weighted by Gasteiger charge is -2.26. The normalized spacial score (nSPS) is 14.3. The van der Waals surface area contributed by atoms with Gasteiger partial charge in [-0.3, -0.25) is 9.10 Å². The van der Waals surface area contributed by atoms with Gasteiger partial charge < -0.3 is 14.8 Å². The molecule has 0 spiro atoms. The van der Waals surface area contributed by atoms with Crippen LogP contribution in [0.5, 0.6) is 11.5 Å². The number of hydrogen-bond donors (Lipinski definition) is 1. The first-order valence-corrected chi connectivity index (χ1v) is 11.8.